The van der Waals surface area contributed by atoms with Crippen molar-refractivity contribution in [2.24, 2.45) is 41.4 Å². The molecule has 0 N–H and O–H groups in total. The third-order valence-corrected chi connectivity index (χ3v) is 13.7. The Bertz CT molecular complexity index is 467. The lowest BCUT2D eigenvalue weighted by atomic mass is 9.75. The van der Waals surface area contributed by atoms with Crippen LogP contribution in [-0.2, 0) is 0 Å². The van der Waals surface area contributed by atoms with Crippen molar-refractivity contribution in [1.29, 1.82) is 0 Å². The maximum Gasteiger partial charge on any atom is -0.00802 e. The van der Waals surface area contributed by atoms with Crippen LogP contribution in [0.3, 0.4) is 0 Å². The Morgan fingerprint density at radius 1 is 0.680 bits per heavy atom. The second-order valence-corrected chi connectivity index (χ2v) is 15.3. The van der Waals surface area contributed by atoms with Gasteiger partial charge in [-0.1, -0.05) is 46.5 Å². The SMILES string of the molecule is CC(C)C1CC(S(C)(C)C2CC(C)C3CCCCC32)C2CCCCC12. The lowest BCUT2D eigenvalue weighted by Crippen LogP contribution is -2.36. The zero-order chi connectivity index (χ0) is 17.8. The third kappa shape index (κ3) is 3.13. The molecule has 0 spiro atoms. The summed E-state index contributed by atoms with van der Waals surface area (Å²) in [6.07, 6.45) is 21.2. The largest absolute Gasteiger partial charge is 0.241 e. The van der Waals surface area contributed by atoms with E-state index < -0.39 is 10.0 Å². The Morgan fingerprint density at radius 3 is 1.76 bits per heavy atom. The molecule has 0 aromatic heterocycles. The van der Waals surface area contributed by atoms with E-state index in [-0.39, 0.29) is 0 Å². The van der Waals surface area contributed by atoms with Crippen LogP contribution in [0.1, 0.15) is 85.0 Å². The van der Waals surface area contributed by atoms with Gasteiger partial charge in [0, 0.05) is 0 Å². The Morgan fingerprint density at radius 2 is 1.16 bits per heavy atom. The van der Waals surface area contributed by atoms with Crippen LogP contribution in [0.15, 0.2) is 0 Å². The molecule has 0 nitrogen and oxygen atoms in total. The first-order chi connectivity index (χ1) is 11.9. The van der Waals surface area contributed by atoms with Gasteiger partial charge in [-0.05, 0) is 103 Å². The third-order valence-electron chi connectivity index (χ3n) is 9.51. The summed E-state index contributed by atoms with van der Waals surface area (Å²) in [5, 5.41) is 2.20. The topological polar surface area (TPSA) is 0 Å². The van der Waals surface area contributed by atoms with Gasteiger partial charge in [-0.25, -0.2) is 10.0 Å². The molecular weight excluding hydrogens is 320 g/mol. The van der Waals surface area contributed by atoms with Crippen molar-refractivity contribution < 1.29 is 0 Å². The van der Waals surface area contributed by atoms with Gasteiger partial charge in [0.25, 0.3) is 0 Å². The quantitative estimate of drug-likeness (QED) is 0.500. The summed E-state index contributed by atoms with van der Waals surface area (Å²) in [6, 6.07) is 0. The van der Waals surface area contributed by atoms with E-state index in [0.717, 1.165) is 51.9 Å². The van der Waals surface area contributed by atoms with Gasteiger partial charge in [0.1, 0.15) is 0 Å². The van der Waals surface area contributed by atoms with Crippen molar-refractivity contribution in [2.45, 2.75) is 95.5 Å². The summed E-state index contributed by atoms with van der Waals surface area (Å²) >= 11 is 0. The molecule has 1 heteroatoms. The second-order valence-electron chi connectivity index (χ2n) is 11.1. The fourth-order valence-electron chi connectivity index (χ4n) is 8.26. The summed E-state index contributed by atoms with van der Waals surface area (Å²) in [5.74, 6) is 7.37. The van der Waals surface area contributed by atoms with E-state index in [1.54, 1.807) is 38.5 Å². The first-order valence-electron chi connectivity index (χ1n) is 11.6. The predicted octanol–water partition coefficient (Wildman–Crippen LogP) is 7.12. The molecule has 0 aromatic rings. The molecule has 0 aromatic carbocycles. The molecule has 8 unspecified atom stereocenters. The predicted molar refractivity (Wildman–Crippen MR) is 115 cm³/mol. The van der Waals surface area contributed by atoms with Gasteiger partial charge in [-0.3, -0.25) is 0 Å². The van der Waals surface area contributed by atoms with Gasteiger partial charge in [0.05, 0.1) is 0 Å². The Hall–Kier alpha value is 0.350. The maximum atomic E-state index is 2.81. The minimum atomic E-state index is -0.479. The van der Waals surface area contributed by atoms with E-state index in [9.17, 15) is 0 Å². The smallest absolute Gasteiger partial charge is 0.00802 e. The summed E-state index contributed by atoms with van der Waals surface area (Å²) in [7, 11) is -0.479. The van der Waals surface area contributed by atoms with Crippen molar-refractivity contribution >= 4 is 10.0 Å². The molecular formula is C24H44S. The summed E-state index contributed by atoms with van der Waals surface area (Å²) < 4.78 is 0. The van der Waals surface area contributed by atoms with E-state index in [4.69, 9.17) is 0 Å². The molecule has 0 aliphatic heterocycles. The molecule has 0 saturated heterocycles. The molecule has 0 amide bonds. The second kappa shape index (κ2) is 7.06. The van der Waals surface area contributed by atoms with Crippen molar-refractivity contribution in [3.05, 3.63) is 0 Å². The minimum Gasteiger partial charge on any atom is -0.241 e. The number of hydrogen-bond donors (Lipinski definition) is 0. The average Bonchev–Trinajstić information content (AvgIpc) is 3.15. The van der Waals surface area contributed by atoms with Gasteiger partial charge in [-0.2, -0.15) is 0 Å². The Labute approximate surface area is 159 Å². The summed E-state index contributed by atoms with van der Waals surface area (Å²) in [4.78, 5) is 0. The van der Waals surface area contributed by atoms with E-state index in [1.165, 1.54) is 25.7 Å². The fraction of sp³-hybridized carbons (Fsp3) is 1.00. The van der Waals surface area contributed by atoms with Gasteiger partial charge < -0.3 is 0 Å². The van der Waals surface area contributed by atoms with Crippen LogP contribution in [0.2, 0.25) is 0 Å². The molecule has 0 heterocycles. The Kier molecular flexibility index (Phi) is 5.28. The van der Waals surface area contributed by atoms with Crippen LogP contribution < -0.4 is 0 Å². The normalized spacial score (nSPS) is 48.4. The highest BCUT2D eigenvalue weighted by atomic mass is 32.3. The number of fused-ring (bicyclic) bond motifs is 2. The van der Waals surface area contributed by atoms with Gasteiger partial charge in [-0.15, -0.1) is 0 Å². The van der Waals surface area contributed by atoms with E-state index >= 15 is 0 Å². The van der Waals surface area contributed by atoms with Gasteiger partial charge in [0.15, 0.2) is 0 Å². The molecule has 4 aliphatic carbocycles. The average molecular weight is 365 g/mol. The number of rotatable bonds is 3. The monoisotopic (exact) mass is 364 g/mol. The highest BCUT2D eigenvalue weighted by molar-refractivity contribution is 8.33. The summed E-state index contributed by atoms with van der Waals surface area (Å²) in [6.45, 7) is 7.65. The van der Waals surface area contributed by atoms with Crippen LogP contribution in [0, 0.1) is 41.4 Å². The molecule has 0 radical (unpaired) electrons. The van der Waals surface area contributed by atoms with E-state index in [1.807, 2.05) is 0 Å². The molecule has 4 saturated carbocycles. The van der Waals surface area contributed by atoms with Crippen molar-refractivity contribution in [3.63, 3.8) is 0 Å². The van der Waals surface area contributed by atoms with Crippen molar-refractivity contribution in [1.82, 2.24) is 0 Å². The first kappa shape index (κ1) is 18.7. The van der Waals surface area contributed by atoms with Gasteiger partial charge >= 0.3 is 0 Å². The van der Waals surface area contributed by atoms with Crippen LogP contribution in [0.4, 0.5) is 0 Å². The summed E-state index contributed by atoms with van der Waals surface area (Å²) in [5.41, 5.74) is 0. The van der Waals surface area contributed by atoms with E-state index in [0.29, 0.717) is 0 Å². The van der Waals surface area contributed by atoms with Gasteiger partial charge in [0.2, 0.25) is 0 Å². The Balaban J connectivity index is 1.58. The van der Waals surface area contributed by atoms with Crippen LogP contribution in [0.25, 0.3) is 0 Å². The molecule has 8 atom stereocenters. The van der Waals surface area contributed by atoms with Crippen LogP contribution in [-0.4, -0.2) is 23.0 Å². The van der Waals surface area contributed by atoms with Crippen LogP contribution >= 0.6 is 10.0 Å². The molecule has 146 valence electrons. The molecule has 4 fully saturated rings. The van der Waals surface area contributed by atoms with Crippen molar-refractivity contribution in [2.75, 3.05) is 12.5 Å². The molecule has 4 rings (SSSR count). The zero-order valence-electron chi connectivity index (χ0n) is 17.7. The highest BCUT2D eigenvalue weighted by Gasteiger charge is 2.54. The highest BCUT2D eigenvalue weighted by Crippen LogP contribution is 2.69. The van der Waals surface area contributed by atoms with Crippen molar-refractivity contribution in [3.8, 4) is 0 Å². The maximum absolute atomic E-state index is 2.81. The lowest BCUT2D eigenvalue weighted by Gasteiger charge is -2.50. The molecule has 25 heavy (non-hydrogen) atoms. The van der Waals surface area contributed by atoms with Crippen LogP contribution in [0.5, 0.6) is 0 Å². The number of hydrogen-bond acceptors (Lipinski definition) is 0. The fourth-order valence-corrected chi connectivity index (χ4v) is 12.7. The zero-order valence-corrected chi connectivity index (χ0v) is 18.5. The standard InChI is InChI=1S/C24H44S/c1-16(2)22-15-24(21-13-9-7-11-19(21)22)25(4,5)23-14-17(3)18-10-6-8-12-20(18)23/h16-24H,6-15H2,1-5H3. The minimum absolute atomic E-state index is 0.479. The van der Waals surface area contributed by atoms with E-state index in [2.05, 4.69) is 33.3 Å². The first-order valence-corrected chi connectivity index (χ1v) is 14.2. The lowest BCUT2D eigenvalue weighted by molar-refractivity contribution is 0.194. The molecule has 4 aliphatic rings. The molecule has 0 bridgehead atoms.